The highest BCUT2D eigenvalue weighted by molar-refractivity contribution is 7.89. The third-order valence-corrected chi connectivity index (χ3v) is 5.31. The minimum atomic E-state index is -3.78. The van der Waals surface area contributed by atoms with E-state index in [-0.39, 0.29) is 11.4 Å². The molecular weight excluding hydrogens is 364 g/mol. The van der Waals surface area contributed by atoms with Crippen LogP contribution in [0.5, 0.6) is 5.75 Å². The Morgan fingerprint density at radius 1 is 1.16 bits per heavy atom. The van der Waals surface area contributed by atoms with Gasteiger partial charge < -0.3 is 10.1 Å². The lowest BCUT2D eigenvalue weighted by Gasteiger charge is -2.11. The second-order valence-electron chi connectivity index (χ2n) is 5.36. The molecule has 0 aromatic heterocycles. The molecule has 134 valence electrons. The van der Waals surface area contributed by atoms with E-state index in [1.54, 1.807) is 43.3 Å². The van der Waals surface area contributed by atoms with Crippen LogP contribution in [0.1, 0.15) is 11.1 Å². The monoisotopic (exact) mass is 382 g/mol. The van der Waals surface area contributed by atoms with Crippen LogP contribution in [0.2, 0.25) is 5.02 Å². The van der Waals surface area contributed by atoms with E-state index in [4.69, 9.17) is 16.3 Å². The van der Waals surface area contributed by atoms with E-state index in [0.29, 0.717) is 22.9 Å². The first-order valence-corrected chi connectivity index (χ1v) is 9.33. The summed E-state index contributed by atoms with van der Waals surface area (Å²) < 4.78 is 32.0. The van der Waals surface area contributed by atoms with E-state index in [0.717, 1.165) is 5.56 Å². The molecule has 0 fully saturated rings. The maximum Gasteiger partial charge on any atom is 0.241 e. The molecule has 0 atom stereocenters. The van der Waals surface area contributed by atoms with Gasteiger partial charge in [0.1, 0.15) is 5.75 Å². The van der Waals surface area contributed by atoms with Crippen molar-refractivity contribution in [3.63, 3.8) is 0 Å². The first-order valence-electron chi connectivity index (χ1n) is 7.47. The Morgan fingerprint density at radius 3 is 2.44 bits per heavy atom. The van der Waals surface area contributed by atoms with E-state index < -0.39 is 15.9 Å². The molecule has 2 rings (SSSR count). The predicted molar refractivity (Wildman–Crippen MR) is 96.2 cm³/mol. The van der Waals surface area contributed by atoms with Crippen molar-refractivity contribution in [1.29, 1.82) is 0 Å². The van der Waals surface area contributed by atoms with Crippen LogP contribution in [-0.4, -0.2) is 28.0 Å². The number of amides is 1. The molecule has 0 saturated heterocycles. The van der Waals surface area contributed by atoms with E-state index in [1.165, 1.54) is 13.2 Å². The molecule has 25 heavy (non-hydrogen) atoms. The van der Waals surface area contributed by atoms with Crippen molar-refractivity contribution in [2.75, 3.05) is 13.7 Å². The Labute approximate surface area is 152 Å². The first kappa shape index (κ1) is 19.2. The van der Waals surface area contributed by atoms with Gasteiger partial charge in [0.2, 0.25) is 15.9 Å². The Kier molecular flexibility index (Phi) is 6.41. The van der Waals surface area contributed by atoms with Gasteiger partial charge in [-0.05, 0) is 48.4 Å². The second kappa shape index (κ2) is 8.33. The van der Waals surface area contributed by atoms with Gasteiger partial charge in [-0.2, -0.15) is 0 Å². The Hall–Kier alpha value is -2.09. The van der Waals surface area contributed by atoms with E-state index in [9.17, 15) is 13.2 Å². The Bertz CT molecular complexity index is 851. The van der Waals surface area contributed by atoms with Crippen molar-refractivity contribution in [1.82, 2.24) is 10.0 Å². The van der Waals surface area contributed by atoms with Crippen LogP contribution in [0.4, 0.5) is 0 Å². The fourth-order valence-corrected chi connectivity index (χ4v) is 3.49. The molecule has 0 spiro atoms. The quantitative estimate of drug-likeness (QED) is 0.769. The number of hydrogen-bond acceptors (Lipinski definition) is 4. The van der Waals surface area contributed by atoms with Crippen LogP contribution in [0.15, 0.2) is 47.4 Å². The maximum absolute atomic E-state index is 12.3. The summed E-state index contributed by atoms with van der Waals surface area (Å²) in [5.41, 5.74) is 1.40. The summed E-state index contributed by atoms with van der Waals surface area (Å²) >= 11 is 5.79. The molecule has 2 N–H and O–H groups in total. The van der Waals surface area contributed by atoms with Crippen molar-refractivity contribution < 1.29 is 17.9 Å². The van der Waals surface area contributed by atoms with Crippen molar-refractivity contribution in [3.8, 4) is 5.75 Å². The molecule has 0 saturated carbocycles. The lowest BCUT2D eigenvalue weighted by Crippen LogP contribution is -2.36. The molecule has 0 aliphatic rings. The molecule has 8 heteroatoms. The summed E-state index contributed by atoms with van der Waals surface area (Å²) in [5, 5.41) is 3.26. The highest BCUT2D eigenvalue weighted by Gasteiger charge is 2.18. The van der Waals surface area contributed by atoms with Crippen molar-refractivity contribution >= 4 is 27.5 Å². The zero-order valence-corrected chi connectivity index (χ0v) is 15.4. The highest BCUT2D eigenvalue weighted by Crippen LogP contribution is 2.20. The molecule has 0 radical (unpaired) electrons. The average molecular weight is 383 g/mol. The van der Waals surface area contributed by atoms with Crippen LogP contribution in [0.25, 0.3) is 0 Å². The topological polar surface area (TPSA) is 84.5 Å². The Morgan fingerprint density at radius 2 is 1.84 bits per heavy atom. The van der Waals surface area contributed by atoms with Crippen LogP contribution < -0.4 is 14.8 Å². The summed E-state index contributed by atoms with van der Waals surface area (Å²) in [6.07, 6.45) is 0. The van der Waals surface area contributed by atoms with Gasteiger partial charge in [0.05, 0.1) is 18.6 Å². The number of sulfonamides is 1. The van der Waals surface area contributed by atoms with Crippen LogP contribution in [0, 0.1) is 6.92 Å². The van der Waals surface area contributed by atoms with Gasteiger partial charge in [0.15, 0.2) is 0 Å². The molecule has 0 aliphatic heterocycles. The maximum atomic E-state index is 12.3. The lowest BCUT2D eigenvalue weighted by atomic mass is 10.2. The summed E-state index contributed by atoms with van der Waals surface area (Å²) in [4.78, 5) is 12.0. The summed E-state index contributed by atoms with van der Waals surface area (Å²) in [7, 11) is -2.28. The molecule has 0 aliphatic carbocycles. The molecule has 0 bridgehead atoms. The number of nitrogens with one attached hydrogen (secondary N) is 2. The number of halogens is 1. The van der Waals surface area contributed by atoms with E-state index >= 15 is 0 Å². The van der Waals surface area contributed by atoms with Gasteiger partial charge in [-0.1, -0.05) is 23.7 Å². The van der Waals surface area contributed by atoms with Crippen molar-refractivity contribution in [3.05, 3.63) is 58.6 Å². The molecule has 6 nitrogen and oxygen atoms in total. The summed E-state index contributed by atoms with van der Waals surface area (Å²) in [6, 6.07) is 11.6. The summed E-state index contributed by atoms with van der Waals surface area (Å²) in [5.74, 6) is 0.141. The van der Waals surface area contributed by atoms with Gasteiger partial charge in [0.25, 0.3) is 0 Å². The molecule has 1 amide bonds. The summed E-state index contributed by atoms with van der Waals surface area (Å²) in [6.45, 7) is 1.61. The number of carbonyl (C=O) groups is 1. The van der Waals surface area contributed by atoms with E-state index in [2.05, 4.69) is 10.0 Å². The van der Waals surface area contributed by atoms with Crippen molar-refractivity contribution in [2.24, 2.45) is 0 Å². The predicted octanol–water partition coefficient (Wildman–Crippen LogP) is 2.25. The van der Waals surface area contributed by atoms with Crippen LogP contribution >= 0.6 is 11.6 Å². The third-order valence-electron chi connectivity index (χ3n) is 3.50. The fourth-order valence-electron chi connectivity index (χ4n) is 2.15. The zero-order valence-electron chi connectivity index (χ0n) is 13.9. The number of benzene rings is 2. The van der Waals surface area contributed by atoms with E-state index in [1.807, 2.05) is 0 Å². The number of aryl methyl sites for hydroxylation is 1. The smallest absolute Gasteiger partial charge is 0.241 e. The van der Waals surface area contributed by atoms with Gasteiger partial charge in [-0.25, -0.2) is 13.1 Å². The molecular formula is C17H19ClN2O4S. The lowest BCUT2D eigenvalue weighted by molar-refractivity contribution is -0.120. The molecule has 2 aromatic carbocycles. The number of carbonyl (C=O) groups excluding carboxylic acids is 1. The minimum absolute atomic E-state index is 0.110. The van der Waals surface area contributed by atoms with Gasteiger partial charge >= 0.3 is 0 Å². The number of ether oxygens (including phenoxy) is 1. The zero-order chi connectivity index (χ0) is 18.4. The molecule has 0 unspecified atom stereocenters. The molecule has 0 heterocycles. The fraction of sp³-hybridized carbons (Fsp3) is 0.235. The standard InChI is InChI=1S/C17H19ClN2O4S/c1-12-9-15(24-2)7-8-16(12)25(22,23)20-11-17(21)19-10-13-3-5-14(18)6-4-13/h3-9,20H,10-11H2,1-2H3,(H,19,21). The van der Waals surface area contributed by atoms with Crippen LogP contribution in [0.3, 0.4) is 0 Å². The normalized spacial score (nSPS) is 11.2. The number of methoxy groups -OCH3 is 1. The van der Waals surface area contributed by atoms with Gasteiger partial charge in [-0.15, -0.1) is 0 Å². The Balaban J connectivity index is 1.92. The number of hydrogen-bond donors (Lipinski definition) is 2. The van der Waals surface area contributed by atoms with Crippen LogP contribution in [-0.2, 0) is 21.4 Å². The number of rotatable bonds is 7. The first-order chi connectivity index (χ1) is 11.8. The second-order valence-corrected chi connectivity index (χ2v) is 7.53. The SMILES string of the molecule is COc1ccc(S(=O)(=O)NCC(=O)NCc2ccc(Cl)cc2)c(C)c1. The third kappa shape index (κ3) is 5.45. The average Bonchev–Trinajstić information content (AvgIpc) is 2.59. The minimum Gasteiger partial charge on any atom is -0.497 e. The highest BCUT2D eigenvalue weighted by atomic mass is 35.5. The largest absolute Gasteiger partial charge is 0.497 e. The molecule has 2 aromatic rings. The van der Waals surface area contributed by atoms with Gasteiger partial charge in [0, 0.05) is 11.6 Å². The van der Waals surface area contributed by atoms with Gasteiger partial charge in [-0.3, -0.25) is 4.79 Å². The van der Waals surface area contributed by atoms with Crippen molar-refractivity contribution in [2.45, 2.75) is 18.4 Å².